The summed E-state index contributed by atoms with van der Waals surface area (Å²) < 4.78 is 14.2. The molecule has 0 saturated carbocycles. The molecule has 1 aromatic carbocycles. The van der Waals surface area contributed by atoms with Crippen molar-refractivity contribution in [3.63, 3.8) is 0 Å². The number of carbonyl (C=O) groups excluding carboxylic acids is 2. The van der Waals surface area contributed by atoms with Crippen LogP contribution in [0.25, 0.3) is 22.2 Å². The van der Waals surface area contributed by atoms with E-state index in [0.29, 0.717) is 22.8 Å². The second kappa shape index (κ2) is 9.34. The lowest BCUT2D eigenvalue weighted by Crippen LogP contribution is -2.34. The van der Waals surface area contributed by atoms with E-state index in [2.05, 4.69) is 15.1 Å². The lowest BCUT2D eigenvalue weighted by Gasteiger charge is -2.27. The molecule has 4 rings (SSSR count). The standard InChI is InChI=1S/C27H32N6O4/c1-17-29-21-13-14-31(8)22(21)23(30-17)33(25(35)37-27(5,6)7)20-11-9-18(10-12-20)19-15-28-32(16-19)24(34)36-26(2,3)4/h9-16H,1-8H3. The summed E-state index contributed by atoms with van der Waals surface area (Å²) in [5.41, 5.74) is 2.21. The summed E-state index contributed by atoms with van der Waals surface area (Å²) in [7, 11) is 1.88. The Morgan fingerprint density at radius 3 is 2.16 bits per heavy atom. The van der Waals surface area contributed by atoms with Gasteiger partial charge in [-0.15, -0.1) is 0 Å². The van der Waals surface area contributed by atoms with Crippen LogP contribution in [-0.2, 0) is 16.5 Å². The third-order valence-corrected chi connectivity index (χ3v) is 5.22. The van der Waals surface area contributed by atoms with Crippen LogP contribution in [0.4, 0.5) is 21.1 Å². The molecular formula is C27H32N6O4. The van der Waals surface area contributed by atoms with Crippen LogP contribution >= 0.6 is 0 Å². The molecule has 0 aliphatic carbocycles. The van der Waals surface area contributed by atoms with Crippen LogP contribution in [0, 0.1) is 6.92 Å². The molecule has 0 N–H and O–H groups in total. The van der Waals surface area contributed by atoms with E-state index in [0.717, 1.165) is 21.3 Å². The summed E-state index contributed by atoms with van der Waals surface area (Å²) in [5.74, 6) is 0.961. The highest BCUT2D eigenvalue weighted by Gasteiger charge is 2.29. The highest BCUT2D eigenvalue weighted by Crippen LogP contribution is 2.33. The van der Waals surface area contributed by atoms with Crippen molar-refractivity contribution in [3.05, 3.63) is 54.7 Å². The summed E-state index contributed by atoms with van der Waals surface area (Å²) in [4.78, 5) is 36.4. The molecule has 0 bridgehead atoms. The van der Waals surface area contributed by atoms with E-state index < -0.39 is 23.4 Å². The fourth-order valence-electron chi connectivity index (χ4n) is 3.75. The van der Waals surface area contributed by atoms with Gasteiger partial charge in [0.2, 0.25) is 0 Å². The maximum Gasteiger partial charge on any atom is 0.435 e. The average Bonchev–Trinajstić information content (AvgIpc) is 3.39. The molecule has 0 fully saturated rings. The third-order valence-electron chi connectivity index (χ3n) is 5.22. The monoisotopic (exact) mass is 504 g/mol. The predicted octanol–water partition coefficient (Wildman–Crippen LogP) is 6.00. The molecule has 0 aliphatic heterocycles. The van der Waals surface area contributed by atoms with Gasteiger partial charge in [-0.3, -0.25) is 0 Å². The fourth-order valence-corrected chi connectivity index (χ4v) is 3.75. The topological polar surface area (TPSA) is 104 Å². The van der Waals surface area contributed by atoms with Crippen LogP contribution in [0.3, 0.4) is 0 Å². The molecule has 3 heterocycles. The van der Waals surface area contributed by atoms with Crippen molar-refractivity contribution in [1.82, 2.24) is 24.3 Å². The van der Waals surface area contributed by atoms with Crippen molar-refractivity contribution in [2.24, 2.45) is 7.05 Å². The van der Waals surface area contributed by atoms with E-state index in [1.807, 2.05) is 56.8 Å². The van der Waals surface area contributed by atoms with Crippen LogP contribution < -0.4 is 4.90 Å². The van der Waals surface area contributed by atoms with Crippen molar-refractivity contribution in [3.8, 4) is 11.1 Å². The zero-order valence-corrected chi connectivity index (χ0v) is 22.4. The lowest BCUT2D eigenvalue weighted by molar-refractivity contribution is 0.0513. The predicted molar refractivity (Wildman–Crippen MR) is 141 cm³/mol. The number of aromatic nitrogens is 5. The maximum atomic E-state index is 13.5. The number of amides is 1. The smallest absolute Gasteiger partial charge is 0.435 e. The average molecular weight is 505 g/mol. The van der Waals surface area contributed by atoms with Crippen molar-refractivity contribution in [1.29, 1.82) is 0 Å². The van der Waals surface area contributed by atoms with Gasteiger partial charge in [-0.2, -0.15) is 9.78 Å². The molecule has 4 aromatic rings. The number of carbonyl (C=O) groups is 2. The summed E-state index contributed by atoms with van der Waals surface area (Å²) in [6, 6.07) is 9.18. The van der Waals surface area contributed by atoms with Gasteiger partial charge in [0.15, 0.2) is 5.82 Å². The first-order chi connectivity index (χ1) is 17.2. The molecule has 0 unspecified atom stereocenters. The van der Waals surface area contributed by atoms with Crippen molar-refractivity contribution in [2.75, 3.05) is 4.90 Å². The van der Waals surface area contributed by atoms with E-state index >= 15 is 0 Å². The second-order valence-corrected chi connectivity index (χ2v) is 10.8. The molecule has 0 radical (unpaired) electrons. The Balaban J connectivity index is 1.73. The number of nitrogens with zero attached hydrogens (tertiary/aromatic N) is 6. The summed E-state index contributed by atoms with van der Waals surface area (Å²) >= 11 is 0. The molecule has 37 heavy (non-hydrogen) atoms. The fraction of sp³-hybridized carbons (Fsp3) is 0.370. The first-order valence-corrected chi connectivity index (χ1v) is 11.9. The molecule has 1 amide bonds. The number of hydrogen-bond donors (Lipinski definition) is 0. The highest BCUT2D eigenvalue weighted by atomic mass is 16.6. The van der Waals surface area contributed by atoms with Gasteiger partial charge in [-0.05, 0) is 72.2 Å². The quantitative estimate of drug-likeness (QED) is 0.337. The van der Waals surface area contributed by atoms with Crippen LogP contribution in [0.5, 0.6) is 0 Å². The Labute approximate surface area is 215 Å². The van der Waals surface area contributed by atoms with Gasteiger partial charge >= 0.3 is 12.2 Å². The minimum Gasteiger partial charge on any atom is -0.443 e. The molecular weight excluding hydrogens is 472 g/mol. The molecule has 194 valence electrons. The van der Waals surface area contributed by atoms with Gasteiger partial charge in [0.1, 0.15) is 22.5 Å². The minimum atomic E-state index is -0.707. The maximum absolute atomic E-state index is 13.5. The van der Waals surface area contributed by atoms with Gasteiger partial charge in [0.25, 0.3) is 0 Å². The van der Waals surface area contributed by atoms with Gasteiger partial charge < -0.3 is 14.0 Å². The van der Waals surface area contributed by atoms with E-state index in [9.17, 15) is 9.59 Å². The molecule has 3 aromatic heterocycles. The Morgan fingerprint density at radius 2 is 1.54 bits per heavy atom. The second-order valence-electron chi connectivity index (χ2n) is 10.8. The Hall–Kier alpha value is -4.21. The number of rotatable bonds is 3. The minimum absolute atomic E-state index is 0.426. The molecule has 10 nitrogen and oxygen atoms in total. The van der Waals surface area contributed by atoms with E-state index in [1.165, 1.54) is 4.90 Å². The van der Waals surface area contributed by atoms with Crippen LogP contribution in [0.1, 0.15) is 47.4 Å². The number of benzene rings is 1. The molecule has 10 heteroatoms. The van der Waals surface area contributed by atoms with Gasteiger partial charge in [0.05, 0.1) is 17.4 Å². The molecule has 0 spiro atoms. The molecule has 0 saturated heterocycles. The van der Waals surface area contributed by atoms with Crippen LogP contribution in [-0.4, -0.2) is 47.7 Å². The highest BCUT2D eigenvalue weighted by molar-refractivity contribution is 6.02. The lowest BCUT2D eigenvalue weighted by atomic mass is 10.1. The SMILES string of the molecule is Cc1nc(N(C(=O)OC(C)(C)C)c2ccc(-c3cnn(C(=O)OC(C)(C)C)c3)cc2)c2c(ccn2C)n1. The zero-order chi connectivity index (χ0) is 27.1. The van der Waals surface area contributed by atoms with E-state index in [-0.39, 0.29) is 0 Å². The zero-order valence-electron chi connectivity index (χ0n) is 22.4. The first-order valence-electron chi connectivity index (χ1n) is 11.9. The summed E-state index contributed by atoms with van der Waals surface area (Å²) in [5, 5.41) is 4.14. The van der Waals surface area contributed by atoms with Crippen molar-refractivity contribution in [2.45, 2.75) is 59.7 Å². The van der Waals surface area contributed by atoms with Crippen LogP contribution in [0.15, 0.2) is 48.9 Å². The Kier molecular flexibility index (Phi) is 6.53. The van der Waals surface area contributed by atoms with Crippen molar-refractivity contribution < 1.29 is 19.1 Å². The largest absolute Gasteiger partial charge is 0.443 e. The van der Waals surface area contributed by atoms with Gasteiger partial charge in [-0.1, -0.05) is 12.1 Å². The summed E-state index contributed by atoms with van der Waals surface area (Å²) in [6.45, 7) is 12.6. The number of fused-ring (bicyclic) bond motifs is 1. The Bertz CT molecular complexity index is 1460. The van der Waals surface area contributed by atoms with E-state index in [4.69, 9.17) is 9.47 Å². The first kappa shape index (κ1) is 25.9. The number of hydrogen-bond acceptors (Lipinski definition) is 7. The van der Waals surface area contributed by atoms with Gasteiger partial charge in [-0.25, -0.2) is 24.5 Å². The van der Waals surface area contributed by atoms with Gasteiger partial charge in [0, 0.05) is 25.0 Å². The number of aryl methyl sites for hydroxylation is 2. The van der Waals surface area contributed by atoms with E-state index in [1.54, 1.807) is 52.2 Å². The number of anilines is 2. The summed E-state index contributed by atoms with van der Waals surface area (Å²) in [6.07, 6.45) is 3.96. The molecule has 0 atom stereocenters. The van der Waals surface area contributed by atoms with Crippen molar-refractivity contribution >= 4 is 34.7 Å². The van der Waals surface area contributed by atoms with Crippen LogP contribution in [0.2, 0.25) is 0 Å². The molecule has 0 aliphatic rings. The Morgan fingerprint density at radius 1 is 0.892 bits per heavy atom. The third kappa shape index (κ3) is 5.79. The normalized spacial score (nSPS) is 12.0. The number of ether oxygens (including phenoxy) is 2.